The molecule has 1 aromatic carbocycles. The average molecular weight is 380 g/mol. The molecule has 3 rings (SSSR count). The predicted octanol–water partition coefficient (Wildman–Crippen LogP) is 1.23. The lowest BCUT2D eigenvalue weighted by molar-refractivity contribution is -0.138. The fourth-order valence-electron chi connectivity index (χ4n) is 4.02. The Morgan fingerprint density at radius 1 is 1.19 bits per heavy atom. The van der Waals surface area contributed by atoms with Gasteiger partial charge in [0.2, 0.25) is 5.91 Å². The zero-order chi connectivity index (χ0) is 18.7. The van der Waals surface area contributed by atoms with Gasteiger partial charge in [0.25, 0.3) is 0 Å². The van der Waals surface area contributed by atoms with Gasteiger partial charge in [-0.05, 0) is 32.4 Å². The maximum Gasteiger partial charge on any atom is 0.239 e. The number of para-hydroxylation sites is 1. The highest BCUT2D eigenvalue weighted by Gasteiger charge is 2.37. The van der Waals surface area contributed by atoms with E-state index in [-0.39, 0.29) is 29.5 Å². The van der Waals surface area contributed by atoms with E-state index in [2.05, 4.69) is 21.9 Å². The number of benzene rings is 1. The molecule has 0 unspecified atom stereocenters. The normalized spacial score (nSPS) is 24.4. The molecule has 2 atom stereocenters. The quantitative estimate of drug-likeness (QED) is 0.770. The van der Waals surface area contributed by atoms with Crippen LogP contribution < -0.4 is 4.90 Å². The van der Waals surface area contributed by atoms with Gasteiger partial charge in [-0.25, -0.2) is 8.42 Å². The second-order valence-corrected chi connectivity index (χ2v) is 9.44. The molecule has 7 heteroatoms. The van der Waals surface area contributed by atoms with Crippen LogP contribution in [0.15, 0.2) is 30.3 Å². The van der Waals surface area contributed by atoms with Gasteiger partial charge in [0, 0.05) is 44.5 Å². The van der Waals surface area contributed by atoms with E-state index < -0.39 is 9.84 Å². The van der Waals surface area contributed by atoms with E-state index in [1.807, 2.05) is 32.0 Å². The van der Waals surface area contributed by atoms with E-state index in [9.17, 15) is 13.2 Å². The topological polar surface area (TPSA) is 60.9 Å². The van der Waals surface area contributed by atoms with Crippen molar-refractivity contribution in [2.45, 2.75) is 32.4 Å². The Hall–Kier alpha value is -1.60. The molecule has 144 valence electrons. The SMILES string of the molecule is CCN(C(=O)[C@@H](C)N1CCN(c2ccccc2)CC1)[C@H]1CCS(=O)(=O)C1. The molecule has 0 N–H and O–H groups in total. The molecule has 1 aromatic rings. The smallest absolute Gasteiger partial charge is 0.239 e. The first-order valence-corrected chi connectivity index (χ1v) is 11.3. The molecule has 0 radical (unpaired) electrons. The molecular weight excluding hydrogens is 350 g/mol. The maximum absolute atomic E-state index is 13.0. The third kappa shape index (κ3) is 4.20. The molecule has 26 heavy (non-hydrogen) atoms. The highest BCUT2D eigenvalue weighted by Crippen LogP contribution is 2.21. The molecule has 2 saturated heterocycles. The van der Waals surface area contributed by atoms with Crippen molar-refractivity contribution in [2.24, 2.45) is 0 Å². The number of likely N-dealkylation sites (N-methyl/N-ethyl adjacent to an activating group) is 1. The fraction of sp³-hybridized carbons (Fsp3) is 0.632. The van der Waals surface area contributed by atoms with Crippen LogP contribution in [0.2, 0.25) is 0 Å². The van der Waals surface area contributed by atoms with E-state index in [4.69, 9.17) is 0 Å². The summed E-state index contributed by atoms with van der Waals surface area (Å²) in [6, 6.07) is 9.96. The van der Waals surface area contributed by atoms with Crippen LogP contribution in [0.1, 0.15) is 20.3 Å². The van der Waals surface area contributed by atoms with Crippen molar-refractivity contribution >= 4 is 21.4 Å². The Kier molecular flexibility index (Phi) is 5.87. The Morgan fingerprint density at radius 3 is 2.38 bits per heavy atom. The summed E-state index contributed by atoms with van der Waals surface area (Å²) in [5.41, 5.74) is 1.22. The van der Waals surface area contributed by atoms with Crippen LogP contribution in [0.3, 0.4) is 0 Å². The van der Waals surface area contributed by atoms with E-state index in [1.54, 1.807) is 4.90 Å². The number of sulfone groups is 1. The molecule has 2 heterocycles. The van der Waals surface area contributed by atoms with Gasteiger partial charge < -0.3 is 9.80 Å². The standard InChI is InChI=1S/C19H29N3O3S/c1-3-22(18-9-14-26(24,25)15-18)19(23)16(2)20-10-12-21(13-11-20)17-7-5-4-6-8-17/h4-8,16,18H,3,9-15H2,1-2H3/t16-,18+/m1/s1. The zero-order valence-electron chi connectivity index (χ0n) is 15.7. The van der Waals surface area contributed by atoms with E-state index in [1.165, 1.54) is 5.69 Å². The summed E-state index contributed by atoms with van der Waals surface area (Å²) in [5, 5.41) is 0. The first kappa shape index (κ1) is 19.2. The second kappa shape index (κ2) is 7.96. The first-order chi connectivity index (χ1) is 12.4. The van der Waals surface area contributed by atoms with Crippen LogP contribution in [-0.2, 0) is 14.6 Å². The Bertz CT molecular complexity index is 715. The molecule has 0 spiro atoms. The molecule has 6 nitrogen and oxygen atoms in total. The molecular formula is C19H29N3O3S. The number of carbonyl (C=O) groups excluding carboxylic acids is 1. The van der Waals surface area contributed by atoms with Gasteiger partial charge in [-0.3, -0.25) is 9.69 Å². The van der Waals surface area contributed by atoms with Gasteiger partial charge in [-0.15, -0.1) is 0 Å². The number of amides is 1. The molecule has 2 fully saturated rings. The molecule has 2 aliphatic heterocycles. The van der Waals surface area contributed by atoms with E-state index >= 15 is 0 Å². The average Bonchev–Trinajstić information content (AvgIpc) is 3.02. The molecule has 0 aromatic heterocycles. The first-order valence-electron chi connectivity index (χ1n) is 9.46. The third-order valence-electron chi connectivity index (χ3n) is 5.61. The highest BCUT2D eigenvalue weighted by molar-refractivity contribution is 7.91. The number of piperazine rings is 1. The molecule has 0 bridgehead atoms. The van der Waals surface area contributed by atoms with Crippen molar-refractivity contribution in [3.05, 3.63) is 30.3 Å². The van der Waals surface area contributed by atoms with Crippen molar-refractivity contribution in [2.75, 3.05) is 49.1 Å². The number of carbonyl (C=O) groups is 1. The van der Waals surface area contributed by atoms with Gasteiger partial charge in [0.15, 0.2) is 9.84 Å². The van der Waals surface area contributed by atoms with Crippen molar-refractivity contribution in [1.29, 1.82) is 0 Å². The largest absolute Gasteiger partial charge is 0.369 e. The van der Waals surface area contributed by atoms with Gasteiger partial charge in [0.05, 0.1) is 17.5 Å². The van der Waals surface area contributed by atoms with Crippen molar-refractivity contribution in [3.63, 3.8) is 0 Å². The molecule has 2 aliphatic rings. The van der Waals surface area contributed by atoms with Gasteiger partial charge in [0.1, 0.15) is 0 Å². The Morgan fingerprint density at radius 2 is 1.85 bits per heavy atom. The fourth-order valence-corrected chi connectivity index (χ4v) is 5.75. The maximum atomic E-state index is 13.0. The van der Waals surface area contributed by atoms with Crippen molar-refractivity contribution < 1.29 is 13.2 Å². The Balaban J connectivity index is 1.58. The van der Waals surface area contributed by atoms with Crippen LogP contribution >= 0.6 is 0 Å². The molecule has 0 aliphatic carbocycles. The highest BCUT2D eigenvalue weighted by atomic mass is 32.2. The van der Waals surface area contributed by atoms with Gasteiger partial charge in [-0.1, -0.05) is 18.2 Å². The summed E-state index contributed by atoms with van der Waals surface area (Å²) in [6.45, 7) is 7.91. The number of hydrogen-bond donors (Lipinski definition) is 0. The lowest BCUT2D eigenvalue weighted by Crippen LogP contribution is -2.56. The summed E-state index contributed by atoms with van der Waals surface area (Å²) in [4.78, 5) is 19.3. The monoisotopic (exact) mass is 379 g/mol. The minimum absolute atomic E-state index is 0.0581. The summed E-state index contributed by atoms with van der Waals surface area (Å²) in [7, 11) is -2.99. The lowest BCUT2D eigenvalue weighted by atomic mass is 10.1. The minimum Gasteiger partial charge on any atom is -0.369 e. The summed E-state index contributed by atoms with van der Waals surface area (Å²) < 4.78 is 23.5. The number of hydrogen-bond acceptors (Lipinski definition) is 5. The summed E-state index contributed by atoms with van der Waals surface area (Å²) in [6.07, 6.45) is 0.566. The second-order valence-electron chi connectivity index (χ2n) is 7.22. The van der Waals surface area contributed by atoms with Gasteiger partial charge in [-0.2, -0.15) is 0 Å². The van der Waals surface area contributed by atoms with Crippen LogP contribution in [0, 0.1) is 0 Å². The van der Waals surface area contributed by atoms with E-state index in [0.717, 1.165) is 26.2 Å². The number of rotatable bonds is 5. The molecule has 1 amide bonds. The van der Waals surface area contributed by atoms with Crippen molar-refractivity contribution in [1.82, 2.24) is 9.80 Å². The van der Waals surface area contributed by atoms with Gasteiger partial charge >= 0.3 is 0 Å². The van der Waals surface area contributed by atoms with Crippen LogP contribution in [0.4, 0.5) is 5.69 Å². The minimum atomic E-state index is -2.99. The van der Waals surface area contributed by atoms with Crippen LogP contribution in [0.5, 0.6) is 0 Å². The lowest BCUT2D eigenvalue weighted by Gasteiger charge is -2.40. The summed E-state index contributed by atoms with van der Waals surface area (Å²) >= 11 is 0. The predicted molar refractivity (Wildman–Crippen MR) is 104 cm³/mol. The third-order valence-corrected chi connectivity index (χ3v) is 7.36. The number of anilines is 1. The van der Waals surface area contributed by atoms with E-state index in [0.29, 0.717) is 13.0 Å². The van der Waals surface area contributed by atoms with Crippen LogP contribution in [0.25, 0.3) is 0 Å². The van der Waals surface area contributed by atoms with Crippen LogP contribution in [-0.4, -0.2) is 80.4 Å². The molecule has 0 saturated carbocycles. The summed E-state index contributed by atoms with van der Waals surface area (Å²) in [5.74, 6) is 0.370. The Labute approximate surface area is 156 Å². The number of nitrogens with zero attached hydrogens (tertiary/aromatic N) is 3. The zero-order valence-corrected chi connectivity index (χ0v) is 16.5. The van der Waals surface area contributed by atoms with Crippen molar-refractivity contribution in [3.8, 4) is 0 Å².